The maximum Gasteiger partial charge on any atom is 0.228 e. The second-order valence-corrected chi connectivity index (χ2v) is 5.20. The van der Waals surface area contributed by atoms with Crippen molar-refractivity contribution in [1.29, 1.82) is 0 Å². The lowest BCUT2D eigenvalue weighted by Gasteiger charge is -2.56. The van der Waals surface area contributed by atoms with Crippen LogP contribution in [-0.4, -0.2) is 60.6 Å². The van der Waals surface area contributed by atoms with Gasteiger partial charge in [0.1, 0.15) is 0 Å². The Balaban J connectivity index is 1.63. The summed E-state index contributed by atoms with van der Waals surface area (Å²) in [6.45, 7) is 6.87. The molecule has 4 fully saturated rings. The Morgan fingerprint density at radius 2 is 2.12 bits per heavy atom. The number of rotatable bonds is 2. The Hall–Kier alpha value is -0.610. The molecule has 0 spiro atoms. The summed E-state index contributed by atoms with van der Waals surface area (Å²) >= 11 is 0. The number of amides is 1. The van der Waals surface area contributed by atoms with E-state index in [0.717, 1.165) is 32.7 Å². The number of hydrogen-bond acceptors (Lipinski definition) is 3. The summed E-state index contributed by atoms with van der Waals surface area (Å²) in [5, 5.41) is 0. The molecular formula is C12H20N2O2. The molecule has 4 aliphatic heterocycles. The molecule has 2 bridgehead atoms. The fraction of sp³-hybridized carbons (Fsp3) is 0.917. The predicted molar refractivity (Wildman–Crippen MR) is 60.1 cm³/mol. The molecule has 1 amide bonds. The minimum atomic E-state index is 0.151. The molecule has 3 unspecified atom stereocenters. The van der Waals surface area contributed by atoms with Gasteiger partial charge in [0.2, 0.25) is 5.91 Å². The number of piperidine rings is 1. The second-order valence-electron chi connectivity index (χ2n) is 5.20. The Kier molecular flexibility index (Phi) is 2.64. The minimum absolute atomic E-state index is 0.151. The van der Waals surface area contributed by atoms with Gasteiger partial charge in [-0.2, -0.15) is 0 Å². The maximum absolute atomic E-state index is 12.3. The molecule has 90 valence electrons. The van der Waals surface area contributed by atoms with Crippen LogP contribution >= 0.6 is 0 Å². The van der Waals surface area contributed by atoms with Crippen molar-refractivity contribution in [2.45, 2.75) is 31.8 Å². The quantitative estimate of drug-likeness (QED) is 0.677. The van der Waals surface area contributed by atoms with Crippen molar-refractivity contribution in [3.63, 3.8) is 0 Å². The molecule has 4 rings (SSSR count). The number of piperazine rings is 1. The van der Waals surface area contributed by atoms with E-state index in [4.69, 9.17) is 4.74 Å². The highest BCUT2D eigenvalue weighted by atomic mass is 16.5. The smallest absolute Gasteiger partial charge is 0.228 e. The number of nitrogens with zero attached hydrogens (tertiary/aromatic N) is 2. The summed E-state index contributed by atoms with van der Waals surface area (Å²) in [5.74, 6) is 0.507. The number of ether oxygens (including phenoxy) is 1. The lowest BCUT2D eigenvalue weighted by Crippen LogP contribution is -2.70. The van der Waals surface area contributed by atoms with Crippen molar-refractivity contribution in [2.24, 2.45) is 5.92 Å². The molecule has 4 saturated heterocycles. The van der Waals surface area contributed by atoms with Crippen LogP contribution in [0.25, 0.3) is 0 Å². The zero-order valence-corrected chi connectivity index (χ0v) is 9.89. The molecule has 0 aromatic heterocycles. The van der Waals surface area contributed by atoms with Gasteiger partial charge in [-0.1, -0.05) is 6.92 Å². The molecule has 0 radical (unpaired) electrons. The first kappa shape index (κ1) is 10.5. The summed E-state index contributed by atoms with van der Waals surface area (Å²) in [4.78, 5) is 16.9. The predicted octanol–water partition coefficient (Wildman–Crippen LogP) is 0.328. The third kappa shape index (κ3) is 1.55. The number of fused-ring (bicyclic) bond motifs is 2. The van der Waals surface area contributed by atoms with Gasteiger partial charge in [0, 0.05) is 31.8 Å². The SMILES string of the molecule is CCN1CC2CC(C1)N2C(=O)C1CCOC1. The molecule has 4 nitrogen and oxygen atoms in total. The van der Waals surface area contributed by atoms with Crippen molar-refractivity contribution in [2.75, 3.05) is 32.8 Å². The molecule has 4 heteroatoms. The van der Waals surface area contributed by atoms with E-state index in [-0.39, 0.29) is 5.92 Å². The summed E-state index contributed by atoms with van der Waals surface area (Å²) in [6.07, 6.45) is 2.14. The summed E-state index contributed by atoms with van der Waals surface area (Å²) in [5.41, 5.74) is 0. The number of carbonyl (C=O) groups excluding carboxylic acids is 1. The van der Waals surface area contributed by atoms with Gasteiger partial charge in [0.25, 0.3) is 0 Å². The highest BCUT2D eigenvalue weighted by molar-refractivity contribution is 5.81. The minimum Gasteiger partial charge on any atom is -0.381 e. The van der Waals surface area contributed by atoms with Gasteiger partial charge in [-0.15, -0.1) is 0 Å². The number of carbonyl (C=O) groups is 1. The van der Waals surface area contributed by atoms with Crippen molar-refractivity contribution in [3.05, 3.63) is 0 Å². The largest absolute Gasteiger partial charge is 0.381 e. The average Bonchev–Trinajstić information content (AvgIpc) is 2.82. The summed E-state index contributed by atoms with van der Waals surface area (Å²) < 4.78 is 5.30. The molecule has 0 aliphatic carbocycles. The van der Waals surface area contributed by atoms with Crippen LogP contribution in [0.5, 0.6) is 0 Å². The molecule has 4 heterocycles. The summed E-state index contributed by atoms with van der Waals surface area (Å²) in [6, 6.07) is 0.985. The van der Waals surface area contributed by atoms with Gasteiger partial charge >= 0.3 is 0 Å². The van der Waals surface area contributed by atoms with Crippen LogP contribution in [-0.2, 0) is 9.53 Å². The first-order valence-corrected chi connectivity index (χ1v) is 6.42. The Morgan fingerprint density at radius 3 is 2.69 bits per heavy atom. The van der Waals surface area contributed by atoms with Crippen LogP contribution in [0.4, 0.5) is 0 Å². The van der Waals surface area contributed by atoms with Crippen molar-refractivity contribution < 1.29 is 9.53 Å². The molecule has 3 atom stereocenters. The molecule has 16 heavy (non-hydrogen) atoms. The van der Waals surface area contributed by atoms with Gasteiger partial charge in [-0.3, -0.25) is 9.69 Å². The van der Waals surface area contributed by atoms with Gasteiger partial charge < -0.3 is 9.64 Å². The standard InChI is InChI=1S/C12H20N2O2/c1-2-13-6-10-5-11(7-13)14(10)12(15)9-3-4-16-8-9/h9-11H,2-8H2,1H3. The van der Waals surface area contributed by atoms with Gasteiger partial charge in [0.05, 0.1) is 12.5 Å². The Labute approximate surface area is 96.5 Å². The van der Waals surface area contributed by atoms with Crippen LogP contribution in [0, 0.1) is 5.92 Å². The van der Waals surface area contributed by atoms with Crippen LogP contribution < -0.4 is 0 Å². The van der Waals surface area contributed by atoms with Crippen molar-refractivity contribution in [1.82, 2.24) is 9.80 Å². The van der Waals surface area contributed by atoms with Crippen LogP contribution in [0.1, 0.15) is 19.8 Å². The zero-order valence-electron chi connectivity index (χ0n) is 9.89. The van der Waals surface area contributed by atoms with E-state index >= 15 is 0 Å². The third-order valence-electron chi connectivity index (χ3n) is 4.25. The van der Waals surface area contributed by atoms with Gasteiger partial charge in [0.15, 0.2) is 0 Å². The molecule has 0 saturated carbocycles. The fourth-order valence-electron chi connectivity index (χ4n) is 3.26. The Bertz CT molecular complexity index is 277. The van der Waals surface area contributed by atoms with E-state index in [1.165, 1.54) is 6.42 Å². The zero-order chi connectivity index (χ0) is 11.1. The number of likely N-dealkylation sites (N-methyl/N-ethyl adjacent to an activating group) is 1. The maximum atomic E-state index is 12.3. The van der Waals surface area contributed by atoms with Crippen LogP contribution in [0.3, 0.4) is 0 Å². The lowest BCUT2D eigenvalue weighted by molar-refractivity contribution is -0.158. The average molecular weight is 224 g/mol. The Morgan fingerprint density at radius 1 is 1.38 bits per heavy atom. The topological polar surface area (TPSA) is 32.8 Å². The van der Waals surface area contributed by atoms with E-state index in [9.17, 15) is 4.79 Å². The molecule has 0 N–H and O–H groups in total. The molecular weight excluding hydrogens is 204 g/mol. The monoisotopic (exact) mass is 224 g/mol. The number of hydrogen-bond donors (Lipinski definition) is 0. The van der Waals surface area contributed by atoms with E-state index in [0.29, 0.717) is 24.6 Å². The molecule has 4 aliphatic rings. The van der Waals surface area contributed by atoms with E-state index < -0.39 is 0 Å². The van der Waals surface area contributed by atoms with E-state index in [1.54, 1.807) is 0 Å². The van der Waals surface area contributed by atoms with Crippen molar-refractivity contribution >= 4 is 5.91 Å². The lowest BCUT2D eigenvalue weighted by atomic mass is 9.85. The van der Waals surface area contributed by atoms with Gasteiger partial charge in [-0.25, -0.2) is 0 Å². The van der Waals surface area contributed by atoms with E-state index in [1.807, 2.05) is 0 Å². The van der Waals surface area contributed by atoms with Crippen molar-refractivity contribution in [3.8, 4) is 0 Å². The van der Waals surface area contributed by atoms with Gasteiger partial charge in [-0.05, 0) is 19.4 Å². The molecule has 0 aromatic carbocycles. The van der Waals surface area contributed by atoms with E-state index in [2.05, 4.69) is 16.7 Å². The normalized spacial score (nSPS) is 38.6. The fourth-order valence-corrected chi connectivity index (χ4v) is 3.26. The third-order valence-corrected chi connectivity index (χ3v) is 4.25. The first-order valence-electron chi connectivity index (χ1n) is 6.42. The second kappa shape index (κ2) is 4.00. The van der Waals surface area contributed by atoms with Crippen LogP contribution in [0.2, 0.25) is 0 Å². The summed E-state index contributed by atoms with van der Waals surface area (Å²) in [7, 11) is 0. The highest BCUT2D eigenvalue weighted by Crippen LogP contribution is 2.34. The van der Waals surface area contributed by atoms with Crippen LogP contribution in [0.15, 0.2) is 0 Å². The highest BCUT2D eigenvalue weighted by Gasteiger charge is 2.48. The first-order chi connectivity index (χ1) is 7.79. The molecule has 0 aromatic rings.